The Bertz CT molecular complexity index is 508. The lowest BCUT2D eigenvalue weighted by atomic mass is 9.80. The summed E-state index contributed by atoms with van der Waals surface area (Å²) in [5, 5.41) is 5.95. The van der Waals surface area contributed by atoms with Crippen molar-refractivity contribution in [1.29, 1.82) is 0 Å². The molecule has 1 unspecified atom stereocenters. The van der Waals surface area contributed by atoms with Crippen LogP contribution in [0, 0.1) is 0 Å². The minimum Gasteiger partial charge on any atom is -0.449 e. The zero-order valence-electron chi connectivity index (χ0n) is 13.2. The lowest BCUT2D eigenvalue weighted by Gasteiger charge is -2.37. The molecule has 6 nitrogen and oxygen atoms in total. The number of hydrogen-bond donors (Lipinski definition) is 2. The van der Waals surface area contributed by atoms with Gasteiger partial charge in [-0.2, -0.15) is 0 Å². The maximum Gasteiger partial charge on any atom is 0.315 e. The number of rotatable bonds is 4. The van der Waals surface area contributed by atoms with Gasteiger partial charge in [-0.05, 0) is 19.3 Å². The van der Waals surface area contributed by atoms with Crippen molar-refractivity contribution in [2.24, 2.45) is 0 Å². The van der Waals surface area contributed by atoms with Gasteiger partial charge in [-0.3, -0.25) is 0 Å². The van der Waals surface area contributed by atoms with E-state index in [9.17, 15) is 4.79 Å². The van der Waals surface area contributed by atoms with E-state index in [0.29, 0.717) is 12.4 Å². The number of aryl methyl sites for hydroxylation is 1. The van der Waals surface area contributed by atoms with Crippen molar-refractivity contribution in [3.05, 3.63) is 17.8 Å². The van der Waals surface area contributed by atoms with E-state index >= 15 is 0 Å². The Balaban J connectivity index is 1.50. The predicted molar refractivity (Wildman–Crippen MR) is 81.4 cm³/mol. The predicted octanol–water partition coefficient (Wildman–Crippen LogP) is 2.53. The first-order chi connectivity index (χ1) is 10.7. The fourth-order valence-electron chi connectivity index (χ4n) is 3.56. The highest BCUT2D eigenvalue weighted by Gasteiger charge is 2.45. The van der Waals surface area contributed by atoms with Crippen LogP contribution in [0.15, 0.2) is 10.7 Å². The number of ether oxygens (including phenoxy) is 1. The zero-order valence-corrected chi connectivity index (χ0v) is 13.2. The molecule has 1 aromatic heterocycles. The molecule has 0 radical (unpaired) electrons. The molecule has 1 saturated heterocycles. The molecule has 1 aromatic rings. The molecular weight excluding hydrogens is 282 g/mol. The molecule has 2 amide bonds. The second kappa shape index (κ2) is 6.69. The van der Waals surface area contributed by atoms with Gasteiger partial charge in [0.1, 0.15) is 6.26 Å². The van der Waals surface area contributed by atoms with E-state index in [0.717, 1.165) is 38.0 Å². The molecule has 122 valence electrons. The lowest BCUT2D eigenvalue weighted by Crippen LogP contribution is -2.53. The summed E-state index contributed by atoms with van der Waals surface area (Å²) in [6.07, 6.45) is 9.03. The van der Waals surface area contributed by atoms with Crippen LogP contribution in [0.2, 0.25) is 0 Å². The molecule has 2 heterocycles. The van der Waals surface area contributed by atoms with Crippen molar-refractivity contribution < 1.29 is 13.9 Å². The molecule has 1 spiro atoms. The maximum absolute atomic E-state index is 12.1. The Morgan fingerprint density at radius 3 is 2.95 bits per heavy atom. The molecule has 0 bridgehead atoms. The number of hydrogen-bond acceptors (Lipinski definition) is 4. The topological polar surface area (TPSA) is 76.4 Å². The van der Waals surface area contributed by atoms with E-state index in [-0.39, 0.29) is 17.7 Å². The highest BCUT2D eigenvalue weighted by molar-refractivity contribution is 5.74. The molecule has 2 aliphatic rings. The maximum atomic E-state index is 12.1. The molecule has 0 aromatic carbocycles. The van der Waals surface area contributed by atoms with Crippen molar-refractivity contribution in [2.75, 3.05) is 6.61 Å². The second-order valence-corrected chi connectivity index (χ2v) is 6.23. The van der Waals surface area contributed by atoms with Gasteiger partial charge in [0.25, 0.3) is 0 Å². The van der Waals surface area contributed by atoms with Crippen LogP contribution in [0.4, 0.5) is 4.79 Å². The number of aromatic nitrogens is 1. The highest BCUT2D eigenvalue weighted by atomic mass is 16.5. The van der Waals surface area contributed by atoms with Gasteiger partial charge in [0.15, 0.2) is 5.89 Å². The van der Waals surface area contributed by atoms with Crippen LogP contribution < -0.4 is 10.6 Å². The molecule has 6 heteroatoms. The average Bonchev–Trinajstić information content (AvgIpc) is 3.14. The molecule has 2 fully saturated rings. The summed E-state index contributed by atoms with van der Waals surface area (Å²) in [5.41, 5.74) is 0.626. The number of nitrogens with one attached hydrogen (secondary N) is 2. The van der Waals surface area contributed by atoms with Crippen molar-refractivity contribution in [3.8, 4) is 0 Å². The van der Waals surface area contributed by atoms with E-state index in [1.54, 1.807) is 6.26 Å². The molecule has 3 rings (SSSR count). The molecule has 22 heavy (non-hydrogen) atoms. The van der Waals surface area contributed by atoms with Gasteiger partial charge in [-0.15, -0.1) is 0 Å². The van der Waals surface area contributed by atoms with Crippen molar-refractivity contribution in [1.82, 2.24) is 15.6 Å². The van der Waals surface area contributed by atoms with E-state index in [1.807, 2.05) is 6.92 Å². The Labute approximate surface area is 131 Å². The van der Waals surface area contributed by atoms with Crippen LogP contribution >= 0.6 is 0 Å². The van der Waals surface area contributed by atoms with Gasteiger partial charge in [0.05, 0.1) is 23.9 Å². The fourth-order valence-corrected chi connectivity index (χ4v) is 3.56. The third kappa shape index (κ3) is 3.27. The first-order valence-electron chi connectivity index (χ1n) is 8.33. The van der Waals surface area contributed by atoms with Crippen molar-refractivity contribution in [2.45, 2.75) is 70.1 Å². The van der Waals surface area contributed by atoms with Crippen LogP contribution in [-0.2, 0) is 17.7 Å². The first-order valence-corrected chi connectivity index (χ1v) is 8.33. The number of carbonyl (C=O) groups is 1. The van der Waals surface area contributed by atoms with Gasteiger partial charge < -0.3 is 19.8 Å². The van der Waals surface area contributed by atoms with Gasteiger partial charge >= 0.3 is 6.03 Å². The minimum absolute atomic E-state index is 0.122. The van der Waals surface area contributed by atoms with Gasteiger partial charge in [-0.25, -0.2) is 9.78 Å². The second-order valence-electron chi connectivity index (χ2n) is 6.23. The van der Waals surface area contributed by atoms with Gasteiger partial charge in [0.2, 0.25) is 0 Å². The normalized spacial score (nSPS) is 23.6. The van der Waals surface area contributed by atoms with Crippen LogP contribution in [0.25, 0.3) is 0 Å². The van der Waals surface area contributed by atoms with Crippen LogP contribution in [0.5, 0.6) is 0 Å². The Morgan fingerprint density at radius 1 is 1.41 bits per heavy atom. The summed E-state index contributed by atoms with van der Waals surface area (Å²) in [4.78, 5) is 16.4. The first kappa shape index (κ1) is 15.3. The van der Waals surface area contributed by atoms with Crippen LogP contribution in [0.3, 0.4) is 0 Å². The van der Waals surface area contributed by atoms with E-state index < -0.39 is 0 Å². The van der Waals surface area contributed by atoms with Crippen molar-refractivity contribution in [3.63, 3.8) is 0 Å². The van der Waals surface area contributed by atoms with Crippen LogP contribution in [-0.4, -0.2) is 29.3 Å². The fraction of sp³-hybridized carbons (Fsp3) is 0.750. The zero-order chi connectivity index (χ0) is 15.4. The number of urea groups is 1. The number of nitrogens with zero attached hydrogens (tertiary/aromatic N) is 1. The van der Waals surface area contributed by atoms with E-state index in [4.69, 9.17) is 9.15 Å². The molecule has 1 saturated carbocycles. The SMILES string of the molecule is CCc1nc(CNC(=O)NC2CCOC23CCCCC3)co1. The average molecular weight is 307 g/mol. The number of oxazole rings is 1. The third-order valence-electron chi connectivity index (χ3n) is 4.77. The Kier molecular flexibility index (Phi) is 4.66. The van der Waals surface area contributed by atoms with Crippen molar-refractivity contribution >= 4 is 6.03 Å². The summed E-state index contributed by atoms with van der Waals surface area (Å²) in [7, 11) is 0. The molecule has 1 aliphatic carbocycles. The Hall–Kier alpha value is -1.56. The lowest BCUT2D eigenvalue weighted by molar-refractivity contribution is -0.0367. The molecule has 1 aliphatic heterocycles. The summed E-state index contributed by atoms with van der Waals surface area (Å²) in [6.45, 7) is 3.11. The van der Waals surface area contributed by atoms with Gasteiger partial charge in [0, 0.05) is 13.0 Å². The third-order valence-corrected chi connectivity index (χ3v) is 4.77. The van der Waals surface area contributed by atoms with Crippen LogP contribution in [0.1, 0.15) is 57.0 Å². The summed E-state index contributed by atoms with van der Waals surface area (Å²) >= 11 is 0. The molecule has 1 atom stereocenters. The minimum atomic E-state index is -0.151. The van der Waals surface area contributed by atoms with Gasteiger partial charge in [-0.1, -0.05) is 26.2 Å². The molecule has 2 N–H and O–H groups in total. The van der Waals surface area contributed by atoms with E-state index in [2.05, 4.69) is 15.6 Å². The summed E-state index contributed by atoms with van der Waals surface area (Å²) in [5.74, 6) is 0.697. The number of amides is 2. The summed E-state index contributed by atoms with van der Waals surface area (Å²) < 4.78 is 11.3. The highest BCUT2D eigenvalue weighted by Crippen LogP contribution is 2.39. The monoisotopic (exact) mass is 307 g/mol. The Morgan fingerprint density at radius 2 is 2.23 bits per heavy atom. The summed E-state index contributed by atoms with van der Waals surface area (Å²) in [6, 6.07) is -0.0298. The standard InChI is InChI=1S/C16H25N3O3/c1-2-14-18-12(11-21-14)10-17-15(20)19-13-6-9-22-16(13)7-4-3-5-8-16/h11,13H,2-10H2,1H3,(H2,17,19,20). The molecular formula is C16H25N3O3. The quantitative estimate of drug-likeness (QED) is 0.896. The number of carbonyl (C=O) groups excluding carboxylic acids is 1. The van der Waals surface area contributed by atoms with E-state index in [1.165, 1.54) is 19.3 Å². The smallest absolute Gasteiger partial charge is 0.315 e. The largest absolute Gasteiger partial charge is 0.449 e.